The Hall–Kier alpha value is -2.43. The van der Waals surface area contributed by atoms with Gasteiger partial charge in [-0.3, -0.25) is 4.79 Å². The van der Waals surface area contributed by atoms with Crippen molar-refractivity contribution < 1.29 is 31.5 Å². The highest BCUT2D eigenvalue weighted by atomic mass is 19.2. The highest BCUT2D eigenvalue weighted by molar-refractivity contribution is 5.78. The predicted octanol–water partition coefficient (Wildman–Crippen LogP) is 4.50. The van der Waals surface area contributed by atoms with E-state index in [0.717, 1.165) is 6.08 Å². The Morgan fingerprint density at radius 2 is 1.65 bits per heavy atom. The topological polar surface area (TPSA) is 50.1 Å². The van der Waals surface area contributed by atoms with Gasteiger partial charge in [0, 0.05) is 11.5 Å². The molecule has 0 amide bonds. The van der Waals surface area contributed by atoms with Crippen molar-refractivity contribution in [2.75, 3.05) is 0 Å². The highest BCUT2D eigenvalue weighted by Crippen LogP contribution is 2.60. The third-order valence-corrected chi connectivity index (χ3v) is 4.75. The number of hydrogen-bond donors (Lipinski definition) is 0. The zero-order valence-corrected chi connectivity index (χ0v) is 14.3. The first kappa shape index (κ1) is 19.9. The molecule has 1 fully saturated rings. The molecule has 2 atom stereocenters. The summed E-state index contributed by atoms with van der Waals surface area (Å²) < 4.78 is 73.3. The number of allylic oxidation sites excluding steroid dienone is 2. The molecule has 0 unspecified atom stereocenters. The number of ether oxygens (including phenoxy) is 1. The van der Waals surface area contributed by atoms with Crippen LogP contribution >= 0.6 is 0 Å². The van der Waals surface area contributed by atoms with Crippen LogP contribution in [0.5, 0.6) is 0 Å². The van der Waals surface area contributed by atoms with Crippen molar-refractivity contribution in [3.63, 3.8) is 0 Å². The molecule has 26 heavy (non-hydrogen) atoms. The van der Waals surface area contributed by atoms with Crippen LogP contribution in [-0.2, 0) is 22.6 Å². The van der Waals surface area contributed by atoms with Crippen LogP contribution in [0.25, 0.3) is 0 Å². The summed E-state index contributed by atoms with van der Waals surface area (Å²) in [5.41, 5.74) is -2.47. The Balaban J connectivity index is 2.18. The van der Waals surface area contributed by atoms with Gasteiger partial charge >= 0.3 is 5.97 Å². The van der Waals surface area contributed by atoms with Crippen molar-refractivity contribution in [3.05, 3.63) is 46.3 Å². The van der Waals surface area contributed by atoms with Crippen LogP contribution in [0, 0.1) is 51.9 Å². The van der Waals surface area contributed by atoms with E-state index in [2.05, 4.69) is 0 Å². The van der Waals surface area contributed by atoms with Crippen LogP contribution in [0.3, 0.4) is 0 Å². The molecule has 3 nitrogen and oxygen atoms in total. The quantitative estimate of drug-likeness (QED) is 0.331. The normalized spacial score (nSPS) is 21.3. The smallest absolute Gasteiger partial charge is 0.310 e. The minimum atomic E-state index is -1.62. The summed E-state index contributed by atoms with van der Waals surface area (Å²) in [6, 6.07) is 1.29. The maximum absolute atomic E-state index is 13.9. The Kier molecular flexibility index (Phi) is 5.40. The number of esters is 1. The highest BCUT2D eigenvalue weighted by Gasteiger charge is 2.61. The number of nitriles is 1. The summed E-state index contributed by atoms with van der Waals surface area (Å²) in [5.74, 6) is -9.71. The minimum Gasteiger partial charge on any atom is -0.460 e. The van der Waals surface area contributed by atoms with E-state index in [0.29, 0.717) is 0 Å². The monoisotopic (exact) mass is 373 g/mol. The van der Waals surface area contributed by atoms with E-state index >= 15 is 0 Å². The fraction of sp³-hybridized carbons (Fsp3) is 0.444. The van der Waals surface area contributed by atoms with Crippen LogP contribution in [0.2, 0.25) is 0 Å². The van der Waals surface area contributed by atoms with Crippen molar-refractivity contribution in [2.24, 2.45) is 17.3 Å². The Bertz CT molecular complexity index is 797. The number of benzene rings is 1. The average Bonchev–Trinajstić information content (AvgIpc) is 3.13. The zero-order chi connectivity index (χ0) is 19.8. The third kappa shape index (κ3) is 3.30. The molecule has 0 heterocycles. The summed E-state index contributed by atoms with van der Waals surface area (Å²) in [5, 5.41) is 8.45. The standard InChI is InChI=1S/C18H16F5NO2/c1-4-9-13(20)15(22)10(16(23)14(9)21)7-26-17(25)12-11(18(12,2)3)5-8(19)6-24/h5,11-12H,4,7H2,1-3H3/b8-5+/t11-,12-/m0/s1. The first-order valence-corrected chi connectivity index (χ1v) is 7.85. The van der Waals surface area contributed by atoms with Crippen molar-refractivity contribution in [1.29, 1.82) is 5.26 Å². The molecule has 1 aliphatic carbocycles. The van der Waals surface area contributed by atoms with Gasteiger partial charge in [-0.05, 0) is 17.9 Å². The second-order valence-electron chi connectivity index (χ2n) is 6.63. The van der Waals surface area contributed by atoms with Gasteiger partial charge in [0.2, 0.25) is 0 Å². The van der Waals surface area contributed by atoms with Gasteiger partial charge in [0.25, 0.3) is 0 Å². The molecule has 1 aliphatic rings. The molecule has 0 N–H and O–H groups in total. The van der Waals surface area contributed by atoms with Crippen LogP contribution < -0.4 is 0 Å². The van der Waals surface area contributed by atoms with Gasteiger partial charge in [-0.25, -0.2) is 17.6 Å². The number of halogens is 5. The minimum absolute atomic E-state index is 0.250. The first-order chi connectivity index (χ1) is 12.1. The van der Waals surface area contributed by atoms with E-state index < -0.39 is 70.0 Å². The summed E-state index contributed by atoms with van der Waals surface area (Å²) in [6.45, 7) is 3.59. The molecule has 1 aromatic carbocycles. The molecule has 1 aromatic rings. The molecule has 140 valence electrons. The lowest BCUT2D eigenvalue weighted by atomic mass is 10.1. The van der Waals surface area contributed by atoms with Crippen LogP contribution in [0.4, 0.5) is 22.0 Å². The van der Waals surface area contributed by atoms with Crippen LogP contribution in [0.15, 0.2) is 11.9 Å². The van der Waals surface area contributed by atoms with Crippen LogP contribution in [-0.4, -0.2) is 5.97 Å². The summed E-state index contributed by atoms with van der Waals surface area (Å²) in [4.78, 5) is 12.1. The SMILES string of the molecule is CCc1c(F)c(F)c(COC(=O)[C@@H]2[C@H](/C=C(/F)C#N)C2(C)C)c(F)c1F. The number of rotatable bonds is 5. The number of nitrogens with zero attached hydrogens (tertiary/aromatic N) is 1. The fourth-order valence-electron chi connectivity index (χ4n) is 3.03. The molecule has 0 radical (unpaired) electrons. The van der Waals surface area contributed by atoms with Gasteiger partial charge in [-0.1, -0.05) is 20.8 Å². The van der Waals surface area contributed by atoms with Gasteiger partial charge in [-0.2, -0.15) is 9.65 Å². The Labute approximate surface area is 147 Å². The fourth-order valence-corrected chi connectivity index (χ4v) is 3.03. The molecular weight excluding hydrogens is 357 g/mol. The third-order valence-electron chi connectivity index (χ3n) is 4.75. The molecule has 0 bridgehead atoms. The molecule has 2 rings (SSSR count). The summed E-state index contributed by atoms with van der Waals surface area (Å²) >= 11 is 0. The number of carbonyl (C=O) groups is 1. The second-order valence-corrected chi connectivity index (χ2v) is 6.63. The van der Waals surface area contributed by atoms with E-state index in [-0.39, 0.29) is 6.42 Å². The van der Waals surface area contributed by atoms with Crippen molar-refractivity contribution in [1.82, 2.24) is 0 Å². The van der Waals surface area contributed by atoms with E-state index in [4.69, 9.17) is 10.00 Å². The van der Waals surface area contributed by atoms with Gasteiger partial charge in [-0.15, -0.1) is 0 Å². The molecule has 0 aromatic heterocycles. The van der Waals surface area contributed by atoms with Crippen molar-refractivity contribution in [3.8, 4) is 6.07 Å². The molecule has 0 aliphatic heterocycles. The van der Waals surface area contributed by atoms with E-state index in [1.54, 1.807) is 13.8 Å². The zero-order valence-electron chi connectivity index (χ0n) is 14.3. The Morgan fingerprint density at radius 3 is 2.12 bits per heavy atom. The van der Waals surface area contributed by atoms with Gasteiger partial charge in [0.1, 0.15) is 12.7 Å². The molecule has 8 heteroatoms. The van der Waals surface area contributed by atoms with Crippen molar-refractivity contribution >= 4 is 5.97 Å². The molecular formula is C18H16F5NO2. The van der Waals surface area contributed by atoms with Gasteiger partial charge < -0.3 is 4.74 Å². The maximum atomic E-state index is 13.9. The van der Waals surface area contributed by atoms with E-state index in [1.807, 2.05) is 0 Å². The Morgan fingerprint density at radius 1 is 1.15 bits per heavy atom. The molecule has 0 spiro atoms. The van der Waals surface area contributed by atoms with E-state index in [1.165, 1.54) is 13.0 Å². The lowest BCUT2D eigenvalue weighted by molar-refractivity contribution is -0.147. The molecule has 0 saturated heterocycles. The predicted molar refractivity (Wildman–Crippen MR) is 81.0 cm³/mol. The van der Waals surface area contributed by atoms with Gasteiger partial charge in [0.05, 0.1) is 11.5 Å². The first-order valence-electron chi connectivity index (χ1n) is 7.85. The molecule has 1 saturated carbocycles. The lowest BCUT2D eigenvalue weighted by Gasteiger charge is -2.11. The summed E-state index contributed by atoms with van der Waals surface area (Å²) in [6.07, 6.45) is 0.725. The second kappa shape index (κ2) is 7.06. The number of carbonyl (C=O) groups excluding carboxylic acids is 1. The number of hydrogen-bond acceptors (Lipinski definition) is 3. The van der Waals surface area contributed by atoms with Crippen LogP contribution in [0.1, 0.15) is 31.9 Å². The average molecular weight is 373 g/mol. The summed E-state index contributed by atoms with van der Waals surface area (Å²) in [7, 11) is 0. The maximum Gasteiger partial charge on any atom is 0.310 e. The lowest BCUT2D eigenvalue weighted by Crippen LogP contribution is -2.14. The largest absolute Gasteiger partial charge is 0.460 e. The van der Waals surface area contributed by atoms with Gasteiger partial charge in [0.15, 0.2) is 29.1 Å². The van der Waals surface area contributed by atoms with E-state index in [9.17, 15) is 26.7 Å². The van der Waals surface area contributed by atoms with Crippen molar-refractivity contribution in [2.45, 2.75) is 33.8 Å².